The average molecular weight is 1350 g/mol. The second-order valence-electron chi connectivity index (χ2n) is 24.7. The molecular weight excluding hydrogens is 1270 g/mol. The van der Waals surface area contributed by atoms with Crippen molar-refractivity contribution in [1.82, 2.24) is 0 Å². The molecule has 2 heterocycles. The predicted molar refractivity (Wildman–Crippen MR) is 379 cm³/mol. The fourth-order valence-electron chi connectivity index (χ4n) is 14.3. The van der Waals surface area contributed by atoms with Crippen LogP contribution in [0, 0.1) is 0 Å². The quantitative estimate of drug-likeness (QED) is 0.0328. The van der Waals surface area contributed by atoms with Gasteiger partial charge in [-0.2, -0.15) is 0 Å². The number of carbonyl (C=O) groups excluding carboxylic acids is 3. The van der Waals surface area contributed by atoms with E-state index in [1.807, 2.05) is 72.8 Å². The average Bonchev–Trinajstić information content (AvgIpc) is 1.53. The lowest BCUT2D eigenvalue weighted by Crippen LogP contribution is -2.34. The smallest absolute Gasteiger partial charge is 0.303 e. The van der Waals surface area contributed by atoms with E-state index in [-0.39, 0.29) is 75.4 Å². The van der Waals surface area contributed by atoms with Gasteiger partial charge in [0, 0.05) is 42.1 Å². The van der Waals surface area contributed by atoms with Gasteiger partial charge in [0.15, 0.2) is 6.10 Å². The van der Waals surface area contributed by atoms with Gasteiger partial charge in [-0.3, -0.25) is 14.4 Å². The third-order valence-corrected chi connectivity index (χ3v) is 18.7. The molecule has 0 radical (unpaired) electrons. The number of ether oxygens (including phenoxy) is 12. The van der Waals surface area contributed by atoms with E-state index in [0.717, 1.165) is 72.5 Å². The van der Waals surface area contributed by atoms with Gasteiger partial charge in [0.2, 0.25) is 0 Å². The van der Waals surface area contributed by atoms with Crippen LogP contribution in [-0.4, -0.2) is 140 Å². The summed E-state index contributed by atoms with van der Waals surface area (Å²) < 4.78 is 65.1. The van der Waals surface area contributed by atoms with Crippen LogP contribution in [0.2, 0.25) is 0 Å². The number of hydrogen-bond donors (Lipinski definition) is 2. The summed E-state index contributed by atoms with van der Waals surface area (Å²) in [6, 6.07) is 71.6. The van der Waals surface area contributed by atoms with Gasteiger partial charge < -0.3 is 67.1 Å². The lowest BCUT2D eigenvalue weighted by atomic mass is 9.67. The van der Waals surface area contributed by atoms with Crippen molar-refractivity contribution in [2.24, 2.45) is 0 Å². The topological polar surface area (TPSA) is 202 Å². The molecule has 0 spiro atoms. The summed E-state index contributed by atoms with van der Waals surface area (Å²) in [5.74, 6) is 1.97. The van der Waals surface area contributed by atoms with Gasteiger partial charge in [-0.05, 0) is 178 Å². The molecule has 17 heteroatoms. The van der Waals surface area contributed by atoms with Crippen molar-refractivity contribution in [3.05, 3.63) is 262 Å². The van der Waals surface area contributed by atoms with E-state index < -0.39 is 10.8 Å². The Bertz CT molecular complexity index is 4480. The van der Waals surface area contributed by atoms with Gasteiger partial charge in [0.1, 0.15) is 81.0 Å². The molecule has 0 saturated carbocycles. The summed E-state index contributed by atoms with van der Waals surface area (Å²) in [5, 5.41) is 25.3. The SMILES string of the molecule is COC1COC2C(OC(C)=O)COC12.COCCOc1ccc(C2(c3ccc(OCCOC(C)=O)cc3)c3cc(CO)c(CO)cc3-c3cc4ccccc4cc32)cc1.COCCOc1ccc(C2(c3ccc(OCCOC(C)=O)cc3)c3ccccc3-c3cc4ccccc4cc32)cc1. The van der Waals surface area contributed by atoms with Crippen molar-refractivity contribution in [2.75, 3.05) is 87.4 Å². The standard InChI is InChI=1S/C38H36O7.C36H32O5.C9H14O5/c1-25(41)43-17-18-45-33-13-9-31(10-14-33)38(30-7-11-32(12-8-30)44-16-15-42-2)36-21-27-6-4-3-5-26(27)19-34(36)35-20-28(23-39)29(24-40)22-37(35)38;1-25(37)39-21-22-41-31-17-13-29(14-18-31)36(28-11-15-30(16-12-28)40-20-19-38-2)34-10-6-5-9-32(34)33-23-26-7-3-4-8-27(26)24-35(33)36;1-5(10)14-7-4-13-8-6(11-2)3-12-9(7)8/h3-14,19-22,39-40H,15-18,23-24H2,1-2H3;3-18,23-24H,19-22H2,1-2H3;6-9H,3-4H2,1-2H3. The number of carbonyl (C=O) groups is 3. The molecule has 0 bridgehead atoms. The van der Waals surface area contributed by atoms with Crippen LogP contribution in [0.5, 0.6) is 23.0 Å². The van der Waals surface area contributed by atoms with E-state index in [1.54, 1.807) is 21.3 Å². The fourth-order valence-corrected chi connectivity index (χ4v) is 14.3. The summed E-state index contributed by atoms with van der Waals surface area (Å²) in [6.07, 6.45) is -0.577. The van der Waals surface area contributed by atoms with Gasteiger partial charge in [0.25, 0.3) is 0 Å². The van der Waals surface area contributed by atoms with Gasteiger partial charge in [-0.25, -0.2) is 0 Å². The van der Waals surface area contributed by atoms with Crippen LogP contribution in [0.15, 0.2) is 206 Å². The molecule has 2 aliphatic heterocycles. The molecule has 4 aliphatic rings. The van der Waals surface area contributed by atoms with Crippen LogP contribution in [0.3, 0.4) is 0 Å². The Labute approximate surface area is 581 Å². The predicted octanol–water partition coefficient (Wildman–Crippen LogP) is 13.1. The number of hydrogen-bond acceptors (Lipinski definition) is 17. The molecule has 14 rings (SSSR count). The Morgan fingerprint density at radius 1 is 0.380 bits per heavy atom. The van der Waals surface area contributed by atoms with Crippen molar-refractivity contribution in [2.45, 2.75) is 69.2 Å². The van der Waals surface area contributed by atoms with E-state index in [0.29, 0.717) is 63.1 Å². The zero-order valence-electron chi connectivity index (χ0n) is 56.9. The minimum atomic E-state index is -0.756. The largest absolute Gasteiger partial charge is 0.491 e. The second kappa shape index (κ2) is 31.9. The maximum atomic E-state index is 11.2. The van der Waals surface area contributed by atoms with Crippen LogP contribution < -0.4 is 18.9 Å². The molecule has 6 atom stereocenters. The molecule has 2 fully saturated rings. The highest BCUT2D eigenvalue weighted by atomic mass is 16.7. The molecule has 2 saturated heterocycles. The number of fused-ring (bicyclic) bond motifs is 9. The number of esters is 3. The first-order valence-corrected chi connectivity index (χ1v) is 33.5. The molecule has 0 aromatic heterocycles. The Morgan fingerprint density at radius 2 is 0.730 bits per heavy atom. The van der Waals surface area contributed by atoms with Crippen LogP contribution in [-0.2, 0) is 76.3 Å². The molecule has 516 valence electrons. The number of rotatable bonds is 24. The zero-order valence-corrected chi connectivity index (χ0v) is 56.9. The monoisotopic (exact) mass is 1350 g/mol. The summed E-state index contributed by atoms with van der Waals surface area (Å²) in [6.45, 7) is 7.59. The Kier molecular flexibility index (Phi) is 22.3. The Morgan fingerprint density at radius 3 is 1.14 bits per heavy atom. The number of aliphatic hydroxyl groups is 2. The van der Waals surface area contributed by atoms with Gasteiger partial charge in [-0.15, -0.1) is 0 Å². The second-order valence-corrected chi connectivity index (χ2v) is 24.7. The van der Waals surface area contributed by atoms with E-state index in [9.17, 15) is 24.6 Å². The summed E-state index contributed by atoms with van der Waals surface area (Å²) >= 11 is 0. The molecule has 100 heavy (non-hydrogen) atoms. The number of benzene rings is 10. The van der Waals surface area contributed by atoms with Crippen LogP contribution in [0.25, 0.3) is 43.8 Å². The number of methoxy groups -OCH3 is 3. The molecular formula is C83H82O17. The van der Waals surface area contributed by atoms with E-state index in [2.05, 4.69) is 133 Å². The lowest BCUT2D eigenvalue weighted by Gasteiger charge is -2.34. The van der Waals surface area contributed by atoms with Crippen LogP contribution in [0.1, 0.15) is 76.4 Å². The van der Waals surface area contributed by atoms with Crippen molar-refractivity contribution in [3.8, 4) is 45.3 Å². The molecule has 17 nitrogen and oxygen atoms in total. The van der Waals surface area contributed by atoms with Crippen molar-refractivity contribution < 1.29 is 81.4 Å². The van der Waals surface area contributed by atoms with Gasteiger partial charge in [-0.1, -0.05) is 127 Å². The Balaban J connectivity index is 0.000000159. The molecule has 6 unspecified atom stereocenters. The highest BCUT2D eigenvalue weighted by Crippen LogP contribution is 2.59. The lowest BCUT2D eigenvalue weighted by molar-refractivity contribution is -0.151. The first kappa shape index (κ1) is 69.9. The summed E-state index contributed by atoms with van der Waals surface area (Å²) in [4.78, 5) is 33.0. The first-order chi connectivity index (χ1) is 48.8. The normalized spacial score (nSPS) is 18.8. The number of aliphatic hydroxyl groups excluding tert-OH is 2. The molecule has 2 N–H and O–H groups in total. The van der Waals surface area contributed by atoms with Gasteiger partial charge >= 0.3 is 17.9 Å². The minimum absolute atomic E-state index is 0.0411. The highest BCUT2D eigenvalue weighted by Gasteiger charge is 2.51. The van der Waals surface area contributed by atoms with Crippen LogP contribution >= 0.6 is 0 Å². The summed E-state index contributed by atoms with van der Waals surface area (Å²) in [7, 11) is 4.94. The first-order valence-electron chi connectivity index (χ1n) is 33.5. The minimum Gasteiger partial charge on any atom is -0.491 e. The maximum Gasteiger partial charge on any atom is 0.303 e. The third kappa shape index (κ3) is 14.4. The molecule has 2 aliphatic carbocycles. The third-order valence-electron chi connectivity index (χ3n) is 18.7. The van der Waals surface area contributed by atoms with E-state index >= 15 is 0 Å². The fraction of sp³-hybridized carbons (Fsp3) is 0.289. The van der Waals surface area contributed by atoms with E-state index in [4.69, 9.17) is 56.8 Å². The molecule has 0 amide bonds. The Hall–Kier alpha value is -9.95. The maximum absolute atomic E-state index is 11.2. The van der Waals surface area contributed by atoms with Crippen molar-refractivity contribution >= 4 is 39.5 Å². The zero-order chi connectivity index (χ0) is 69.8. The highest BCUT2D eigenvalue weighted by molar-refractivity contribution is 5.98. The molecule has 10 aromatic carbocycles. The van der Waals surface area contributed by atoms with Crippen molar-refractivity contribution in [1.29, 1.82) is 0 Å². The van der Waals surface area contributed by atoms with E-state index in [1.165, 1.54) is 53.8 Å². The molecule has 10 aromatic rings. The van der Waals surface area contributed by atoms with Gasteiger partial charge in [0.05, 0.1) is 50.5 Å². The summed E-state index contributed by atoms with van der Waals surface area (Å²) in [5.41, 5.74) is 13.6. The van der Waals surface area contributed by atoms with Crippen molar-refractivity contribution in [3.63, 3.8) is 0 Å². The van der Waals surface area contributed by atoms with Crippen LogP contribution in [0.4, 0.5) is 0 Å².